The minimum Gasteiger partial charge on any atom is -0.204 e. The third kappa shape index (κ3) is 6.03. The first-order valence-corrected chi connectivity index (χ1v) is 10.8. The maximum atomic E-state index is 13.5. The van der Waals surface area contributed by atoms with Gasteiger partial charge in [-0.05, 0) is 106 Å². The van der Waals surface area contributed by atoms with Gasteiger partial charge >= 0.3 is 0 Å². The lowest BCUT2D eigenvalue weighted by Gasteiger charge is -2.29. The van der Waals surface area contributed by atoms with E-state index < -0.39 is 11.6 Å². The molecule has 0 bridgehead atoms. The van der Waals surface area contributed by atoms with Gasteiger partial charge in [0.05, 0.1) is 6.07 Å². The third-order valence-electron chi connectivity index (χ3n) is 6.67. The average Bonchev–Trinajstić information content (AvgIpc) is 2.73. The molecule has 0 aliphatic heterocycles. The molecule has 2 saturated carbocycles. The predicted octanol–water partition coefficient (Wildman–Crippen LogP) is 7.46. The number of benzene rings is 1. The van der Waals surface area contributed by atoms with Crippen molar-refractivity contribution in [2.75, 3.05) is 0 Å². The summed E-state index contributed by atoms with van der Waals surface area (Å²) in [6.07, 6.45) is 20.3. The molecular weight excluding hydrogens is 352 g/mol. The number of halogens is 2. The Balaban J connectivity index is 1.38. The second-order valence-electron chi connectivity index (χ2n) is 8.56. The van der Waals surface area contributed by atoms with Crippen LogP contribution < -0.4 is 0 Å². The summed E-state index contributed by atoms with van der Waals surface area (Å²) in [5, 5.41) is 8.52. The van der Waals surface area contributed by atoms with E-state index in [0.717, 1.165) is 49.5 Å². The summed E-state index contributed by atoms with van der Waals surface area (Å²) in [5.41, 5.74) is 0.948. The Kier molecular flexibility index (Phi) is 7.83. The van der Waals surface area contributed by atoms with Crippen LogP contribution in [0.1, 0.15) is 75.7 Å². The molecule has 2 aliphatic rings. The summed E-state index contributed by atoms with van der Waals surface area (Å²) >= 11 is 0. The van der Waals surface area contributed by atoms with Crippen molar-refractivity contribution in [2.45, 2.75) is 70.1 Å². The fourth-order valence-corrected chi connectivity index (χ4v) is 4.86. The number of allylic oxidation sites excluding steroid dienone is 4. The highest BCUT2D eigenvalue weighted by Crippen LogP contribution is 2.38. The average molecular weight is 384 g/mol. The van der Waals surface area contributed by atoms with E-state index in [4.69, 9.17) is 5.26 Å². The number of nitriles is 1. The minimum absolute atomic E-state index is 0.366. The number of rotatable bonds is 6. The lowest BCUT2D eigenvalue weighted by molar-refractivity contribution is 0.295. The quantitative estimate of drug-likeness (QED) is 0.369. The lowest BCUT2D eigenvalue weighted by atomic mass is 9.77. The van der Waals surface area contributed by atoms with Gasteiger partial charge in [0.25, 0.3) is 0 Å². The molecule has 3 heteroatoms. The van der Waals surface area contributed by atoms with Crippen LogP contribution in [-0.4, -0.2) is 0 Å². The molecule has 0 saturated heterocycles. The Morgan fingerprint density at radius 2 is 1.54 bits per heavy atom. The Morgan fingerprint density at radius 3 is 2.14 bits per heavy atom. The van der Waals surface area contributed by atoms with Gasteiger partial charge < -0.3 is 0 Å². The molecule has 3 rings (SSSR count). The van der Waals surface area contributed by atoms with Crippen LogP contribution in [0.4, 0.5) is 8.78 Å². The highest BCUT2D eigenvalue weighted by molar-refractivity contribution is 5.22. The van der Waals surface area contributed by atoms with Crippen LogP contribution in [0, 0.1) is 40.7 Å². The van der Waals surface area contributed by atoms with Gasteiger partial charge in [-0.2, -0.15) is 5.26 Å². The van der Waals surface area contributed by atoms with E-state index >= 15 is 0 Å². The standard InChI is InChI=1S/C25H31F2N/c26-24-16-15-23(18-25(24)27)22-13-11-21(12-14-22)10-9-20-7-5-19(6-8-20)4-2-1-3-17-28/h1,3,9-10,15-16,18-22H,2,4-8,11-14H2/b3-1?,10-9+. The molecule has 0 amide bonds. The van der Waals surface area contributed by atoms with Gasteiger partial charge in [0.2, 0.25) is 0 Å². The number of hydrogen-bond acceptors (Lipinski definition) is 1. The summed E-state index contributed by atoms with van der Waals surface area (Å²) in [6.45, 7) is 0. The lowest BCUT2D eigenvalue weighted by Crippen LogP contribution is -2.14. The molecule has 0 N–H and O–H groups in total. The predicted molar refractivity (Wildman–Crippen MR) is 110 cm³/mol. The molecule has 28 heavy (non-hydrogen) atoms. The van der Waals surface area contributed by atoms with Crippen LogP contribution >= 0.6 is 0 Å². The Morgan fingerprint density at radius 1 is 0.893 bits per heavy atom. The molecule has 150 valence electrons. The SMILES string of the molecule is N#CC=CCCC1CCC(/C=C/C2CCC(c3ccc(F)c(F)c3)CC2)CC1. The first kappa shape index (κ1) is 20.8. The molecule has 0 heterocycles. The summed E-state index contributed by atoms with van der Waals surface area (Å²) in [5.74, 6) is 1.06. The topological polar surface area (TPSA) is 23.8 Å². The molecular formula is C25H31F2N. The first-order valence-electron chi connectivity index (χ1n) is 10.8. The zero-order valence-electron chi connectivity index (χ0n) is 16.6. The van der Waals surface area contributed by atoms with E-state index in [0.29, 0.717) is 11.8 Å². The monoisotopic (exact) mass is 383 g/mol. The van der Waals surface area contributed by atoms with Gasteiger partial charge in [-0.15, -0.1) is 0 Å². The van der Waals surface area contributed by atoms with Crippen molar-refractivity contribution in [2.24, 2.45) is 17.8 Å². The molecule has 1 nitrogen and oxygen atoms in total. The number of nitrogens with zero attached hydrogens (tertiary/aromatic N) is 1. The van der Waals surface area contributed by atoms with Gasteiger partial charge in [0, 0.05) is 6.08 Å². The van der Waals surface area contributed by atoms with E-state index in [2.05, 4.69) is 18.2 Å². The molecule has 0 aromatic heterocycles. The molecule has 2 aliphatic carbocycles. The Labute approximate surface area is 168 Å². The largest absolute Gasteiger partial charge is 0.204 e. The van der Waals surface area contributed by atoms with Crippen molar-refractivity contribution >= 4 is 0 Å². The van der Waals surface area contributed by atoms with Crippen molar-refractivity contribution < 1.29 is 8.78 Å². The van der Waals surface area contributed by atoms with Crippen LogP contribution in [0.5, 0.6) is 0 Å². The smallest absolute Gasteiger partial charge is 0.159 e. The highest BCUT2D eigenvalue weighted by atomic mass is 19.2. The summed E-state index contributed by atoms with van der Waals surface area (Å²) in [7, 11) is 0. The van der Waals surface area contributed by atoms with Crippen LogP contribution in [0.15, 0.2) is 42.5 Å². The molecule has 1 aromatic rings. The molecule has 0 radical (unpaired) electrons. The van der Waals surface area contributed by atoms with Crippen LogP contribution in [-0.2, 0) is 0 Å². The molecule has 2 fully saturated rings. The van der Waals surface area contributed by atoms with Crippen LogP contribution in [0.2, 0.25) is 0 Å². The van der Waals surface area contributed by atoms with Crippen molar-refractivity contribution in [3.63, 3.8) is 0 Å². The van der Waals surface area contributed by atoms with Gasteiger partial charge in [0.15, 0.2) is 11.6 Å². The van der Waals surface area contributed by atoms with Gasteiger partial charge in [-0.25, -0.2) is 8.78 Å². The van der Waals surface area contributed by atoms with E-state index in [-0.39, 0.29) is 0 Å². The van der Waals surface area contributed by atoms with E-state index in [1.54, 1.807) is 12.1 Å². The summed E-state index contributed by atoms with van der Waals surface area (Å²) < 4.78 is 26.6. The molecule has 0 spiro atoms. The van der Waals surface area contributed by atoms with E-state index in [9.17, 15) is 8.78 Å². The van der Waals surface area contributed by atoms with Crippen molar-refractivity contribution in [3.05, 3.63) is 59.7 Å². The fraction of sp³-hybridized carbons (Fsp3) is 0.560. The van der Waals surface area contributed by atoms with Crippen molar-refractivity contribution in [1.82, 2.24) is 0 Å². The highest BCUT2D eigenvalue weighted by Gasteiger charge is 2.23. The van der Waals surface area contributed by atoms with E-state index in [1.165, 1.54) is 44.2 Å². The molecule has 1 aromatic carbocycles. The summed E-state index contributed by atoms with van der Waals surface area (Å²) in [6, 6.07) is 6.44. The second kappa shape index (κ2) is 10.6. The molecule has 0 unspecified atom stereocenters. The maximum absolute atomic E-state index is 13.5. The minimum atomic E-state index is -0.756. The first-order chi connectivity index (χ1) is 13.7. The number of hydrogen-bond donors (Lipinski definition) is 0. The fourth-order valence-electron chi connectivity index (χ4n) is 4.86. The zero-order chi connectivity index (χ0) is 19.8. The van der Waals surface area contributed by atoms with Crippen LogP contribution in [0.3, 0.4) is 0 Å². The van der Waals surface area contributed by atoms with Crippen molar-refractivity contribution in [3.8, 4) is 6.07 Å². The van der Waals surface area contributed by atoms with E-state index in [1.807, 2.05) is 6.08 Å². The molecule has 0 atom stereocenters. The maximum Gasteiger partial charge on any atom is 0.159 e. The normalized spacial score (nSPS) is 28.6. The van der Waals surface area contributed by atoms with Crippen LogP contribution in [0.25, 0.3) is 0 Å². The zero-order valence-corrected chi connectivity index (χ0v) is 16.6. The van der Waals surface area contributed by atoms with Crippen molar-refractivity contribution in [1.29, 1.82) is 5.26 Å². The van der Waals surface area contributed by atoms with Gasteiger partial charge in [-0.1, -0.05) is 24.3 Å². The summed E-state index contributed by atoms with van der Waals surface area (Å²) in [4.78, 5) is 0. The third-order valence-corrected chi connectivity index (χ3v) is 6.67. The van der Waals surface area contributed by atoms with Gasteiger partial charge in [-0.3, -0.25) is 0 Å². The van der Waals surface area contributed by atoms with Gasteiger partial charge in [0.1, 0.15) is 0 Å². The second-order valence-corrected chi connectivity index (χ2v) is 8.56. The Bertz CT molecular complexity index is 715. The Hall–Kier alpha value is -1.95.